The van der Waals surface area contributed by atoms with Gasteiger partial charge in [-0.3, -0.25) is 20.2 Å². The average Bonchev–Trinajstić information content (AvgIpc) is 2.78. The lowest BCUT2D eigenvalue weighted by atomic mass is 9.82. The van der Waals surface area contributed by atoms with Crippen molar-refractivity contribution in [2.75, 3.05) is 6.61 Å². The summed E-state index contributed by atoms with van der Waals surface area (Å²) in [4.78, 5) is 34.2. The normalized spacial score (nSPS) is 15.6. The number of esters is 1. The second-order valence-electron chi connectivity index (χ2n) is 6.55. The van der Waals surface area contributed by atoms with Crippen LogP contribution in [0.4, 0.5) is 11.4 Å². The van der Waals surface area contributed by atoms with Crippen LogP contribution in [0.5, 0.6) is 0 Å². The van der Waals surface area contributed by atoms with Crippen molar-refractivity contribution in [3.05, 3.63) is 96.9 Å². The van der Waals surface area contributed by atoms with Gasteiger partial charge in [-0.05, 0) is 12.5 Å². The Hall–Kier alpha value is -4.72. The molecule has 0 saturated heterocycles. The molecule has 162 valence electrons. The number of hydrogen-bond acceptors (Lipinski definition) is 9. The third-order valence-electron chi connectivity index (χ3n) is 4.65. The minimum absolute atomic E-state index is 0.00666. The van der Waals surface area contributed by atoms with Crippen molar-refractivity contribution >= 4 is 23.1 Å². The third kappa shape index (κ3) is 4.10. The minimum atomic E-state index is -1.15. The standard InChI is InChI=1S/C21H16N4O7/c1-2-31-21(26)18-17(12-5-3-7-14(9-12)24(27)28)16(11-22)20(23)32-19(18)13-6-4-8-15(10-13)25(29)30/h3-10,17H,2,23H2,1H3. The highest BCUT2D eigenvalue weighted by molar-refractivity contribution is 6.00. The Labute approximate surface area is 181 Å². The molecule has 0 bridgehead atoms. The number of carbonyl (C=O) groups is 1. The lowest BCUT2D eigenvalue weighted by Gasteiger charge is -2.28. The Kier molecular flexibility index (Phi) is 6.16. The van der Waals surface area contributed by atoms with Crippen LogP contribution in [-0.4, -0.2) is 22.4 Å². The lowest BCUT2D eigenvalue weighted by molar-refractivity contribution is -0.385. The summed E-state index contributed by atoms with van der Waals surface area (Å²) >= 11 is 0. The molecule has 0 aliphatic carbocycles. The first-order valence-corrected chi connectivity index (χ1v) is 9.26. The molecule has 2 aromatic carbocycles. The molecule has 2 N–H and O–H groups in total. The SMILES string of the molecule is CCOC(=O)C1=C(c2cccc([N+](=O)[O-])c2)OC(N)=C(C#N)C1c1cccc([N+](=O)[O-])c1. The van der Waals surface area contributed by atoms with Crippen LogP contribution in [0, 0.1) is 31.6 Å². The number of allylic oxidation sites excluding steroid dienone is 1. The monoisotopic (exact) mass is 436 g/mol. The molecule has 1 heterocycles. The summed E-state index contributed by atoms with van der Waals surface area (Å²) in [5, 5.41) is 32.2. The van der Waals surface area contributed by atoms with Crippen LogP contribution in [0.15, 0.2) is 65.6 Å². The van der Waals surface area contributed by atoms with Gasteiger partial charge in [0.15, 0.2) is 0 Å². The van der Waals surface area contributed by atoms with E-state index in [0.29, 0.717) is 0 Å². The first-order valence-electron chi connectivity index (χ1n) is 9.26. The molecule has 1 unspecified atom stereocenters. The number of nitro groups is 2. The number of ether oxygens (including phenoxy) is 2. The number of carbonyl (C=O) groups excluding carboxylic acids is 1. The Balaban J connectivity index is 2.33. The Bertz CT molecular complexity index is 1230. The topological polar surface area (TPSA) is 172 Å². The van der Waals surface area contributed by atoms with Gasteiger partial charge < -0.3 is 15.2 Å². The van der Waals surface area contributed by atoms with E-state index >= 15 is 0 Å². The van der Waals surface area contributed by atoms with Crippen LogP contribution in [-0.2, 0) is 14.3 Å². The summed E-state index contributed by atoms with van der Waals surface area (Å²) in [7, 11) is 0. The molecule has 3 rings (SSSR count). The van der Waals surface area contributed by atoms with E-state index in [1.165, 1.54) is 48.5 Å². The van der Waals surface area contributed by atoms with E-state index in [2.05, 4.69) is 0 Å². The Morgan fingerprint density at radius 3 is 2.38 bits per heavy atom. The molecule has 1 aliphatic heterocycles. The highest BCUT2D eigenvalue weighted by Gasteiger charge is 2.39. The highest BCUT2D eigenvalue weighted by Crippen LogP contribution is 2.43. The predicted octanol–water partition coefficient (Wildman–Crippen LogP) is 3.29. The number of benzene rings is 2. The molecular weight excluding hydrogens is 420 g/mol. The summed E-state index contributed by atoms with van der Waals surface area (Å²) in [6.45, 7) is 1.57. The molecule has 1 atom stereocenters. The quantitative estimate of drug-likeness (QED) is 0.405. The van der Waals surface area contributed by atoms with Gasteiger partial charge in [-0.2, -0.15) is 5.26 Å². The van der Waals surface area contributed by atoms with Gasteiger partial charge in [0.25, 0.3) is 11.4 Å². The van der Waals surface area contributed by atoms with Gasteiger partial charge in [-0.1, -0.05) is 24.3 Å². The summed E-state index contributed by atoms with van der Waals surface area (Å²) in [5.41, 5.74) is 5.51. The van der Waals surface area contributed by atoms with E-state index in [1.807, 2.05) is 6.07 Å². The summed E-state index contributed by atoms with van der Waals surface area (Å²) in [6.07, 6.45) is 0. The van der Waals surface area contributed by atoms with Gasteiger partial charge >= 0.3 is 5.97 Å². The molecule has 32 heavy (non-hydrogen) atoms. The number of nitriles is 1. The maximum atomic E-state index is 13.0. The molecule has 2 aromatic rings. The summed E-state index contributed by atoms with van der Waals surface area (Å²) < 4.78 is 10.7. The Morgan fingerprint density at radius 1 is 1.16 bits per heavy atom. The van der Waals surface area contributed by atoms with Gasteiger partial charge in [0.05, 0.1) is 27.9 Å². The van der Waals surface area contributed by atoms with Crippen LogP contribution < -0.4 is 5.73 Å². The van der Waals surface area contributed by atoms with Gasteiger partial charge in [-0.15, -0.1) is 0 Å². The van der Waals surface area contributed by atoms with E-state index in [9.17, 15) is 30.3 Å². The molecule has 0 amide bonds. The third-order valence-corrected chi connectivity index (χ3v) is 4.65. The molecule has 0 saturated carbocycles. The van der Waals surface area contributed by atoms with Crippen molar-refractivity contribution in [2.24, 2.45) is 5.73 Å². The molecule has 1 aliphatic rings. The van der Waals surface area contributed by atoms with E-state index in [-0.39, 0.29) is 51.9 Å². The number of nitrogens with zero attached hydrogens (tertiary/aromatic N) is 3. The molecule has 11 nitrogen and oxygen atoms in total. The molecular formula is C21H16N4O7. The van der Waals surface area contributed by atoms with Crippen molar-refractivity contribution in [1.82, 2.24) is 0 Å². The summed E-state index contributed by atoms with van der Waals surface area (Å²) in [5.74, 6) is -2.48. The van der Waals surface area contributed by atoms with E-state index in [4.69, 9.17) is 15.2 Å². The number of nitro benzene ring substituents is 2. The van der Waals surface area contributed by atoms with Crippen molar-refractivity contribution in [3.8, 4) is 6.07 Å². The van der Waals surface area contributed by atoms with Crippen LogP contribution in [0.25, 0.3) is 5.76 Å². The number of non-ortho nitro benzene ring substituents is 2. The smallest absolute Gasteiger partial charge is 0.338 e. The van der Waals surface area contributed by atoms with E-state index < -0.39 is 21.7 Å². The average molecular weight is 436 g/mol. The Morgan fingerprint density at radius 2 is 1.78 bits per heavy atom. The first-order chi connectivity index (χ1) is 15.3. The van der Waals surface area contributed by atoms with Crippen LogP contribution in [0.3, 0.4) is 0 Å². The molecule has 11 heteroatoms. The van der Waals surface area contributed by atoms with Crippen LogP contribution >= 0.6 is 0 Å². The zero-order valence-corrected chi connectivity index (χ0v) is 16.7. The fourth-order valence-corrected chi connectivity index (χ4v) is 3.30. The molecule has 0 aromatic heterocycles. The molecule has 0 fully saturated rings. The van der Waals surface area contributed by atoms with Gasteiger partial charge in [0.1, 0.15) is 17.4 Å². The highest BCUT2D eigenvalue weighted by atomic mass is 16.6. The van der Waals surface area contributed by atoms with Gasteiger partial charge in [0.2, 0.25) is 5.88 Å². The lowest BCUT2D eigenvalue weighted by Crippen LogP contribution is -2.26. The van der Waals surface area contributed by atoms with E-state index in [0.717, 1.165) is 0 Å². The fourth-order valence-electron chi connectivity index (χ4n) is 3.30. The fraction of sp³-hybridized carbons (Fsp3) is 0.143. The van der Waals surface area contributed by atoms with Crippen molar-refractivity contribution in [2.45, 2.75) is 12.8 Å². The van der Waals surface area contributed by atoms with Gasteiger partial charge in [0, 0.05) is 29.8 Å². The van der Waals surface area contributed by atoms with Crippen molar-refractivity contribution in [3.63, 3.8) is 0 Å². The number of nitrogens with two attached hydrogens (primary N) is 1. The largest absolute Gasteiger partial charge is 0.463 e. The maximum absolute atomic E-state index is 13.0. The van der Waals surface area contributed by atoms with E-state index in [1.54, 1.807) is 6.92 Å². The maximum Gasteiger partial charge on any atom is 0.338 e. The second-order valence-corrected chi connectivity index (χ2v) is 6.55. The zero-order valence-electron chi connectivity index (χ0n) is 16.7. The molecule has 0 spiro atoms. The number of hydrogen-bond donors (Lipinski definition) is 1. The van der Waals surface area contributed by atoms with Crippen LogP contribution in [0.2, 0.25) is 0 Å². The predicted molar refractivity (Wildman–Crippen MR) is 110 cm³/mol. The number of rotatable bonds is 6. The van der Waals surface area contributed by atoms with Crippen molar-refractivity contribution < 1.29 is 24.1 Å². The van der Waals surface area contributed by atoms with Gasteiger partial charge in [-0.25, -0.2) is 4.79 Å². The zero-order chi connectivity index (χ0) is 23.4. The van der Waals surface area contributed by atoms with Crippen molar-refractivity contribution in [1.29, 1.82) is 5.26 Å². The second kappa shape index (κ2) is 8.97. The summed E-state index contributed by atoms with van der Waals surface area (Å²) in [6, 6.07) is 12.6. The van der Waals surface area contributed by atoms with Crippen LogP contribution in [0.1, 0.15) is 24.0 Å². The minimum Gasteiger partial charge on any atom is -0.463 e. The molecule has 0 radical (unpaired) electrons. The first kappa shape index (κ1) is 22.0.